The molecule has 0 aliphatic heterocycles. The number of nitro groups is 1. The molecule has 1 heterocycles. The molecule has 0 spiro atoms. The number of H-pyrrole nitrogens is 1. The summed E-state index contributed by atoms with van der Waals surface area (Å²) in [6, 6.07) is 9.55. The van der Waals surface area contributed by atoms with E-state index in [0.29, 0.717) is 22.6 Å². The largest absolute Gasteiger partial charge is 0.497 e. The van der Waals surface area contributed by atoms with Crippen LogP contribution in [0.25, 0.3) is 11.0 Å². The van der Waals surface area contributed by atoms with Crippen LogP contribution in [0.2, 0.25) is 0 Å². The number of nitrogens with one attached hydrogen (secondary N) is 2. The molecule has 2 N–H and O–H groups in total. The lowest BCUT2D eigenvalue weighted by atomic mass is 10.3. The number of imidazole rings is 1. The Labute approximate surface area is 149 Å². The topological polar surface area (TPSA) is 127 Å². The van der Waals surface area contributed by atoms with Crippen molar-refractivity contribution in [3.63, 3.8) is 0 Å². The lowest BCUT2D eigenvalue weighted by Gasteiger charge is -2.12. The summed E-state index contributed by atoms with van der Waals surface area (Å²) in [5, 5.41) is 10.8. The van der Waals surface area contributed by atoms with Gasteiger partial charge in [-0.3, -0.25) is 10.1 Å². The van der Waals surface area contributed by atoms with Crippen LogP contribution in [0.15, 0.2) is 47.4 Å². The van der Waals surface area contributed by atoms with Gasteiger partial charge in [-0.1, -0.05) is 0 Å². The SMILES string of the molecule is COc1ccc(S(=O)(=O)NC(C)c2nc3ccc([N+](=O)[O-])cc3[nH]2)cc1. The molecule has 136 valence electrons. The molecular weight excluding hydrogens is 360 g/mol. The van der Waals surface area contributed by atoms with Gasteiger partial charge in [0.15, 0.2) is 0 Å². The van der Waals surface area contributed by atoms with Crippen molar-refractivity contribution in [3.05, 3.63) is 58.4 Å². The normalized spacial score (nSPS) is 12.8. The fourth-order valence-corrected chi connectivity index (χ4v) is 3.65. The molecule has 0 fully saturated rings. The predicted octanol–water partition coefficient (Wildman–Crippen LogP) is 2.52. The van der Waals surface area contributed by atoms with E-state index in [-0.39, 0.29) is 10.6 Å². The van der Waals surface area contributed by atoms with E-state index in [1.807, 2.05) is 0 Å². The van der Waals surface area contributed by atoms with E-state index >= 15 is 0 Å². The summed E-state index contributed by atoms with van der Waals surface area (Å²) < 4.78 is 32.5. The maximum absolute atomic E-state index is 12.5. The Hall–Kier alpha value is -2.98. The molecule has 3 rings (SSSR count). The summed E-state index contributed by atoms with van der Waals surface area (Å²) in [7, 11) is -2.27. The first kappa shape index (κ1) is 17.8. The number of hydrogen-bond acceptors (Lipinski definition) is 6. The Morgan fingerprint density at radius 3 is 2.54 bits per heavy atom. The first-order valence-corrected chi connectivity index (χ1v) is 9.09. The van der Waals surface area contributed by atoms with Crippen LogP contribution < -0.4 is 9.46 Å². The van der Waals surface area contributed by atoms with Gasteiger partial charge in [0, 0.05) is 12.1 Å². The average molecular weight is 376 g/mol. The smallest absolute Gasteiger partial charge is 0.271 e. The number of nitrogens with zero attached hydrogens (tertiary/aromatic N) is 2. The first-order chi connectivity index (χ1) is 12.3. The lowest BCUT2D eigenvalue weighted by molar-refractivity contribution is -0.384. The number of aromatic nitrogens is 2. The summed E-state index contributed by atoms with van der Waals surface area (Å²) in [5.74, 6) is 0.911. The second-order valence-electron chi connectivity index (χ2n) is 5.60. The summed E-state index contributed by atoms with van der Waals surface area (Å²) in [4.78, 5) is 17.6. The Bertz CT molecular complexity index is 1060. The third-order valence-electron chi connectivity index (χ3n) is 3.81. The van der Waals surface area contributed by atoms with Crippen LogP contribution in [-0.2, 0) is 10.0 Å². The van der Waals surface area contributed by atoms with Crippen LogP contribution in [0.5, 0.6) is 5.75 Å². The van der Waals surface area contributed by atoms with Crippen molar-refractivity contribution in [2.45, 2.75) is 17.9 Å². The number of sulfonamides is 1. The quantitative estimate of drug-likeness (QED) is 0.503. The standard InChI is InChI=1S/C16H16N4O5S/c1-10(19-26(23,24)13-6-4-12(25-2)5-7-13)16-17-14-8-3-11(20(21)22)9-15(14)18-16/h3-10,19H,1-2H3,(H,17,18). The number of fused-ring (bicyclic) bond motifs is 1. The number of nitro benzene ring substituents is 1. The predicted molar refractivity (Wildman–Crippen MR) is 94.5 cm³/mol. The number of benzene rings is 2. The first-order valence-electron chi connectivity index (χ1n) is 7.60. The maximum Gasteiger partial charge on any atom is 0.271 e. The zero-order chi connectivity index (χ0) is 18.9. The monoisotopic (exact) mass is 376 g/mol. The van der Waals surface area contributed by atoms with Gasteiger partial charge in [-0.15, -0.1) is 0 Å². The van der Waals surface area contributed by atoms with Crippen LogP contribution in [0.3, 0.4) is 0 Å². The number of aromatic amines is 1. The minimum atomic E-state index is -3.77. The molecule has 2 aromatic carbocycles. The molecule has 0 aliphatic rings. The van der Waals surface area contributed by atoms with Crippen molar-refractivity contribution in [2.75, 3.05) is 7.11 Å². The fourth-order valence-electron chi connectivity index (χ4n) is 2.45. The Balaban J connectivity index is 1.85. The van der Waals surface area contributed by atoms with Crippen molar-refractivity contribution in [3.8, 4) is 5.75 Å². The summed E-state index contributed by atoms with van der Waals surface area (Å²) in [5.41, 5.74) is 0.907. The Morgan fingerprint density at radius 1 is 1.23 bits per heavy atom. The van der Waals surface area contributed by atoms with Crippen LogP contribution in [-0.4, -0.2) is 30.4 Å². The summed E-state index contributed by atoms with van der Waals surface area (Å²) in [6.45, 7) is 1.63. The Morgan fingerprint density at radius 2 is 1.92 bits per heavy atom. The molecular formula is C16H16N4O5S. The van der Waals surface area contributed by atoms with Gasteiger partial charge >= 0.3 is 0 Å². The third kappa shape index (κ3) is 3.51. The fraction of sp³-hybridized carbons (Fsp3) is 0.188. The van der Waals surface area contributed by atoms with Gasteiger partial charge in [0.25, 0.3) is 5.69 Å². The minimum Gasteiger partial charge on any atom is -0.497 e. The van der Waals surface area contributed by atoms with Gasteiger partial charge in [-0.05, 0) is 37.3 Å². The highest BCUT2D eigenvalue weighted by molar-refractivity contribution is 7.89. The minimum absolute atomic E-state index is 0.0702. The molecule has 1 aromatic heterocycles. The van der Waals surface area contributed by atoms with Crippen molar-refractivity contribution < 1.29 is 18.1 Å². The van der Waals surface area contributed by atoms with Gasteiger partial charge in [0.2, 0.25) is 10.0 Å². The molecule has 10 heteroatoms. The number of non-ortho nitro benzene ring substituents is 1. The molecule has 3 aromatic rings. The average Bonchev–Trinajstić information content (AvgIpc) is 3.04. The zero-order valence-corrected chi connectivity index (χ0v) is 14.8. The highest BCUT2D eigenvalue weighted by atomic mass is 32.2. The number of methoxy groups -OCH3 is 1. The van der Waals surface area contributed by atoms with E-state index in [0.717, 1.165) is 0 Å². The van der Waals surface area contributed by atoms with Gasteiger partial charge in [0.05, 0.1) is 34.0 Å². The van der Waals surface area contributed by atoms with Crippen LogP contribution in [0.4, 0.5) is 5.69 Å². The van der Waals surface area contributed by atoms with Crippen LogP contribution in [0, 0.1) is 10.1 Å². The molecule has 0 radical (unpaired) electrons. The molecule has 0 bridgehead atoms. The molecule has 1 atom stereocenters. The van der Waals surface area contributed by atoms with E-state index in [1.54, 1.807) is 19.1 Å². The van der Waals surface area contributed by atoms with E-state index in [1.165, 1.54) is 37.4 Å². The van der Waals surface area contributed by atoms with Gasteiger partial charge in [-0.2, -0.15) is 0 Å². The van der Waals surface area contributed by atoms with Crippen molar-refractivity contribution >= 4 is 26.7 Å². The highest BCUT2D eigenvalue weighted by Gasteiger charge is 2.21. The number of ether oxygens (including phenoxy) is 1. The van der Waals surface area contributed by atoms with Gasteiger partial charge in [-0.25, -0.2) is 18.1 Å². The molecule has 26 heavy (non-hydrogen) atoms. The second-order valence-corrected chi connectivity index (χ2v) is 7.31. The van der Waals surface area contributed by atoms with E-state index in [9.17, 15) is 18.5 Å². The van der Waals surface area contributed by atoms with Crippen LogP contribution in [0.1, 0.15) is 18.8 Å². The second kappa shape index (κ2) is 6.73. The van der Waals surface area contributed by atoms with Gasteiger partial charge < -0.3 is 9.72 Å². The van der Waals surface area contributed by atoms with E-state index in [4.69, 9.17) is 4.74 Å². The Kier molecular flexibility index (Phi) is 4.62. The van der Waals surface area contributed by atoms with E-state index in [2.05, 4.69) is 14.7 Å². The zero-order valence-electron chi connectivity index (χ0n) is 14.0. The molecule has 1 unspecified atom stereocenters. The van der Waals surface area contributed by atoms with Crippen molar-refractivity contribution in [1.82, 2.24) is 14.7 Å². The summed E-state index contributed by atoms with van der Waals surface area (Å²) >= 11 is 0. The molecule has 0 saturated heterocycles. The number of rotatable bonds is 6. The van der Waals surface area contributed by atoms with Crippen molar-refractivity contribution in [2.24, 2.45) is 0 Å². The summed E-state index contributed by atoms with van der Waals surface area (Å²) in [6.07, 6.45) is 0. The molecule has 0 amide bonds. The molecule has 0 aliphatic carbocycles. The third-order valence-corrected chi connectivity index (χ3v) is 5.36. The van der Waals surface area contributed by atoms with Crippen molar-refractivity contribution in [1.29, 1.82) is 0 Å². The van der Waals surface area contributed by atoms with E-state index < -0.39 is 21.0 Å². The maximum atomic E-state index is 12.5. The lowest BCUT2D eigenvalue weighted by Crippen LogP contribution is -2.27. The van der Waals surface area contributed by atoms with Gasteiger partial charge in [0.1, 0.15) is 11.6 Å². The highest BCUT2D eigenvalue weighted by Crippen LogP contribution is 2.22. The van der Waals surface area contributed by atoms with Crippen LogP contribution >= 0.6 is 0 Å². The molecule has 9 nitrogen and oxygen atoms in total. The molecule has 0 saturated carbocycles. The number of hydrogen-bond donors (Lipinski definition) is 2.